The Hall–Kier alpha value is 0.259. The predicted octanol–water partition coefficient (Wildman–Crippen LogP) is 6.69. The fourth-order valence-corrected chi connectivity index (χ4v) is 19.4. The van der Waals surface area contributed by atoms with Gasteiger partial charge in [0.05, 0.1) is 0 Å². The first-order valence-corrected chi connectivity index (χ1v) is 19.8. The number of hydrogen-bond acceptors (Lipinski definition) is 3. The van der Waals surface area contributed by atoms with Gasteiger partial charge in [0.2, 0.25) is 0 Å². The van der Waals surface area contributed by atoms with Crippen LogP contribution in [0.5, 0.6) is 0 Å². The van der Waals surface area contributed by atoms with Crippen LogP contribution in [0.15, 0.2) is 12.3 Å². The van der Waals surface area contributed by atoms with Crippen LogP contribution in [-0.4, -0.2) is 48.9 Å². The summed E-state index contributed by atoms with van der Waals surface area (Å²) in [5.41, 5.74) is 0. The molecule has 1 fully saturated rings. The number of ether oxygens (including phenoxy) is 2. The third kappa shape index (κ3) is 10.6. The van der Waals surface area contributed by atoms with E-state index in [1.807, 2.05) is 6.26 Å². The summed E-state index contributed by atoms with van der Waals surface area (Å²) in [4.78, 5) is 0. The Morgan fingerprint density at radius 3 is 2.19 bits per heavy atom. The maximum atomic E-state index is 9.10. The average molecular weight is 489 g/mol. The first-order valence-electron chi connectivity index (χ1n) is 11.7. The molecule has 0 amide bonds. The molecule has 1 aliphatic rings. The Bertz CT molecular complexity index is 351. The van der Waals surface area contributed by atoms with E-state index in [1.54, 1.807) is 13.3 Å². The molecule has 27 heavy (non-hydrogen) atoms. The summed E-state index contributed by atoms with van der Waals surface area (Å²) in [6.07, 6.45) is 16.9. The molecule has 0 unspecified atom stereocenters. The standard InChI is InChI=1S/C11H19O3.3C4H9.Sn/c1-2-8-13-11-6-4-9-14-10(11)5-3-7-12;3*1-3-4-2;/h2,8,10-12H,1,3-7,9H2;3*1,3-4H2,2H3;/b8-2-;;;;/t10-,11+;;;;/m1..../s1. The zero-order valence-electron chi connectivity index (χ0n) is 18.4. The molecule has 4 heteroatoms. The topological polar surface area (TPSA) is 38.7 Å². The van der Waals surface area contributed by atoms with Gasteiger partial charge in [0.1, 0.15) is 0 Å². The molecule has 0 spiro atoms. The molecular formula is C23H46O3Sn. The van der Waals surface area contributed by atoms with E-state index in [-0.39, 0.29) is 18.8 Å². The zero-order valence-corrected chi connectivity index (χ0v) is 21.2. The maximum absolute atomic E-state index is 9.10. The molecule has 1 N–H and O–H groups in total. The summed E-state index contributed by atoms with van der Waals surface area (Å²) >= 11 is -2.07. The summed E-state index contributed by atoms with van der Waals surface area (Å²) in [7, 11) is 0. The van der Waals surface area contributed by atoms with Crippen LogP contribution in [0.25, 0.3) is 0 Å². The van der Waals surface area contributed by atoms with Gasteiger partial charge in [-0.3, -0.25) is 0 Å². The minimum atomic E-state index is -2.07. The summed E-state index contributed by atoms with van der Waals surface area (Å²) in [6, 6.07) is 0. The van der Waals surface area contributed by atoms with Crippen LogP contribution >= 0.6 is 0 Å². The van der Waals surface area contributed by atoms with Gasteiger partial charge in [0.15, 0.2) is 0 Å². The third-order valence-corrected chi connectivity index (χ3v) is 21.4. The van der Waals surface area contributed by atoms with Gasteiger partial charge in [0.25, 0.3) is 0 Å². The van der Waals surface area contributed by atoms with Crippen LogP contribution in [-0.2, 0) is 9.47 Å². The molecule has 1 aliphatic heterocycles. The molecule has 160 valence electrons. The van der Waals surface area contributed by atoms with Crippen molar-refractivity contribution in [1.82, 2.24) is 0 Å². The fraction of sp³-hybridized carbons (Fsp3) is 0.913. The third-order valence-electron chi connectivity index (χ3n) is 6.11. The number of aliphatic hydroxyl groups is 1. The Balaban J connectivity index is 2.61. The van der Waals surface area contributed by atoms with Gasteiger partial charge in [0, 0.05) is 0 Å². The molecule has 2 atom stereocenters. The van der Waals surface area contributed by atoms with Crippen molar-refractivity contribution >= 4 is 18.4 Å². The summed E-state index contributed by atoms with van der Waals surface area (Å²) in [5, 5.41) is 9.10. The van der Waals surface area contributed by atoms with Crippen LogP contribution in [0, 0.1) is 0 Å². The molecule has 0 bridgehead atoms. The van der Waals surface area contributed by atoms with Crippen LogP contribution in [0.3, 0.4) is 0 Å². The van der Waals surface area contributed by atoms with Crippen molar-refractivity contribution in [2.24, 2.45) is 0 Å². The van der Waals surface area contributed by atoms with E-state index in [0.717, 1.165) is 32.3 Å². The van der Waals surface area contributed by atoms with Gasteiger partial charge in [-0.05, 0) is 0 Å². The molecule has 0 aliphatic carbocycles. The van der Waals surface area contributed by atoms with Crippen molar-refractivity contribution in [3.63, 3.8) is 0 Å². The summed E-state index contributed by atoms with van der Waals surface area (Å²) in [6.45, 7) is 8.09. The van der Waals surface area contributed by atoms with E-state index >= 15 is 0 Å². The van der Waals surface area contributed by atoms with Gasteiger partial charge in [-0.25, -0.2) is 0 Å². The zero-order chi connectivity index (χ0) is 19.8. The predicted molar refractivity (Wildman–Crippen MR) is 119 cm³/mol. The van der Waals surface area contributed by atoms with Gasteiger partial charge >= 0.3 is 173 Å². The van der Waals surface area contributed by atoms with E-state index < -0.39 is 18.4 Å². The van der Waals surface area contributed by atoms with E-state index in [0.29, 0.717) is 0 Å². The van der Waals surface area contributed by atoms with Crippen molar-refractivity contribution in [3.05, 3.63) is 12.3 Å². The van der Waals surface area contributed by atoms with Crippen LogP contribution < -0.4 is 0 Å². The fourth-order valence-electron chi connectivity index (χ4n) is 4.32. The van der Waals surface area contributed by atoms with Crippen LogP contribution in [0.1, 0.15) is 85.0 Å². The Morgan fingerprint density at radius 1 is 1.00 bits per heavy atom. The minimum absolute atomic E-state index is 0.157. The monoisotopic (exact) mass is 490 g/mol. The second-order valence-electron chi connectivity index (χ2n) is 8.48. The van der Waals surface area contributed by atoms with Crippen molar-refractivity contribution in [1.29, 1.82) is 0 Å². The first kappa shape index (κ1) is 25.3. The van der Waals surface area contributed by atoms with Gasteiger partial charge in [-0.15, -0.1) is 0 Å². The first-order chi connectivity index (χ1) is 13.2. The quantitative estimate of drug-likeness (QED) is 0.194. The Labute approximate surface area is 173 Å². The van der Waals surface area contributed by atoms with Crippen LogP contribution in [0.4, 0.5) is 0 Å². The van der Waals surface area contributed by atoms with Crippen molar-refractivity contribution in [3.8, 4) is 0 Å². The molecule has 0 saturated carbocycles. The number of hydrogen-bond donors (Lipinski definition) is 1. The number of rotatable bonds is 16. The van der Waals surface area contributed by atoms with Gasteiger partial charge in [-0.1, -0.05) is 0 Å². The van der Waals surface area contributed by atoms with Crippen molar-refractivity contribution in [2.45, 2.75) is 115 Å². The van der Waals surface area contributed by atoms with Gasteiger partial charge in [-0.2, -0.15) is 0 Å². The molecule has 1 rings (SSSR count). The second-order valence-corrected chi connectivity index (χ2v) is 22.5. The van der Waals surface area contributed by atoms with Gasteiger partial charge < -0.3 is 0 Å². The summed E-state index contributed by atoms with van der Waals surface area (Å²) < 4.78 is 18.1. The van der Waals surface area contributed by atoms with E-state index in [9.17, 15) is 0 Å². The summed E-state index contributed by atoms with van der Waals surface area (Å²) in [5.74, 6) is 0. The molecular weight excluding hydrogens is 443 g/mol. The SMILES string of the molecule is CCC[CH2][Sn]([CH2]/C=C\O[C@H]1CCCO[C@@H]1CCCO)([CH2]CCC)[CH2]CCC. The van der Waals surface area contributed by atoms with Crippen molar-refractivity contribution < 1.29 is 14.6 Å². The molecule has 0 radical (unpaired) electrons. The number of unbranched alkanes of at least 4 members (excludes halogenated alkanes) is 3. The Kier molecular flexibility index (Phi) is 15.1. The molecule has 0 aromatic rings. The molecule has 0 aromatic heterocycles. The molecule has 3 nitrogen and oxygen atoms in total. The average Bonchev–Trinajstić information content (AvgIpc) is 2.71. The molecule has 1 heterocycles. The van der Waals surface area contributed by atoms with E-state index in [1.165, 1.54) is 43.0 Å². The van der Waals surface area contributed by atoms with Crippen molar-refractivity contribution in [2.75, 3.05) is 13.2 Å². The normalized spacial score (nSPS) is 21.0. The van der Waals surface area contributed by atoms with E-state index in [4.69, 9.17) is 14.6 Å². The molecule has 0 aromatic carbocycles. The number of aliphatic hydroxyl groups excluding tert-OH is 1. The van der Waals surface area contributed by atoms with E-state index in [2.05, 4.69) is 26.8 Å². The Morgan fingerprint density at radius 2 is 1.63 bits per heavy atom. The number of allylic oxidation sites excluding steroid dienone is 1. The second kappa shape index (κ2) is 16.1. The molecule has 1 saturated heterocycles. The van der Waals surface area contributed by atoms with Crippen LogP contribution in [0.2, 0.25) is 17.7 Å².